The summed E-state index contributed by atoms with van der Waals surface area (Å²) in [7, 11) is 0. The van der Waals surface area contributed by atoms with E-state index >= 15 is 0 Å². The first-order chi connectivity index (χ1) is 15.5. The summed E-state index contributed by atoms with van der Waals surface area (Å²) < 4.78 is 10.0. The molecule has 2 saturated heterocycles. The van der Waals surface area contributed by atoms with Gasteiger partial charge >= 0.3 is 0 Å². The maximum absolute atomic E-state index is 13.6. The highest BCUT2D eigenvalue weighted by Crippen LogP contribution is 2.36. The Balaban J connectivity index is 1.28. The smallest absolute Gasteiger partial charge is 0.236 e. The summed E-state index contributed by atoms with van der Waals surface area (Å²) in [5.41, 5.74) is 5.21. The van der Waals surface area contributed by atoms with Gasteiger partial charge in [-0.15, -0.1) is 11.3 Å². The molecule has 0 radical (unpaired) electrons. The second-order valence-electron chi connectivity index (χ2n) is 8.08. The molecule has 1 amide bonds. The van der Waals surface area contributed by atoms with E-state index in [-0.39, 0.29) is 5.91 Å². The van der Waals surface area contributed by atoms with Crippen molar-refractivity contribution < 1.29 is 9.53 Å². The van der Waals surface area contributed by atoms with Crippen LogP contribution in [0, 0.1) is 12.3 Å². The molecule has 0 saturated carbocycles. The zero-order valence-electron chi connectivity index (χ0n) is 17.6. The molecule has 7 nitrogen and oxygen atoms in total. The van der Waals surface area contributed by atoms with E-state index in [2.05, 4.69) is 20.8 Å². The Bertz CT molecular complexity index is 1200. The molecule has 1 atom stereocenters. The van der Waals surface area contributed by atoms with Gasteiger partial charge < -0.3 is 19.8 Å². The fraction of sp³-hybridized carbons (Fsp3) is 0.304. The number of nitrogens with one attached hydrogen (secondary N) is 2. The molecule has 2 aromatic heterocycles. The molecule has 4 heterocycles. The quantitative estimate of drug-likeness (QED) is 0.559. The average molecular weight is 466 g/mol. The molecular weight excluding hydrogens is 442 g/mol. The SMILES string of the molecule is Cc1ccc(C2(C(=O)N3CC(=N)/C(=C\NSc4ccc5ncsc5c4)C3)CCOC2)cn1. The van der Waals surface area contributed by atoms with E-state index in [0.717, 1.165) is 31.9 Å². The van der Waals surface area contributed by atoms with Crippen LogP contribution >= 0.6 is 23.3 Å². The normalized spacial score (nSPS) is 22.2. The third-order valence-electron chi connectivity index (χ3n) is 5.99. The van der Waals surface area contributed by atoms with Gasteiger partial charge in [0.15, 0.2) is 0 Å². The van der Waals surface area contributed by atoms with Gasteiger partial charge in [0.05, 0.1) is 34.6 Å². The van der Waals surface area contributed by atoms with Crippen molar-refractivity contribution in [3.8, 4) is 0 Å². The Hall–Kier alpha value is -2.75. The number of amides is 1. The summed E-state index contributed by atoms with van der Waals surface area (Å²) >= 11 is 3.10. The average Bonchev–Trinajstić information content (AvgIpc) is 3.54. The predicted octanol–water partition coefficient (Wildman–Crippen LogP) is 3.70. The Morgan fingerprint density at radius 3 is 3.00 bits per heavy atom. The minimum absolute atomic E-state index is 0.0112. The first-order valence-corrected chi connectivity index (χ1v) is 12.1. The zero-order chi connectivity index (χ0) is 22.1. The summed E-state index contributed by atoms with van der Waals surface area (Å²) in [6, 6.07) is 10.0. The molecule has 2 N–H and O–H groups in total. The third-order valence-corrected chi connectivity index (χ3v) is 7.51. The molecule has 32 heavy (non-hydrogen) atoms. The number of carbonyl (C=O) groups is 1. The van der Waals surface area contributed by atoms with Gasteiger partial charge in [0, 0.05) is 41.7 Å². The zero-order valence-corrected chi connectivity index (χ0v) is 19.3. The van der Waals surface area contributed by atoms with E-state index in [1.165, 1.54) is 11.9 Å². The Morgan fingerprint density at radius 2 is 2.22 bits per heavy atom. The maximum Gasteiger partial charge on any atom is 0.236 e. The van der Waals surface area contributed by atoms with Crippen LogP contribution in [0.2, 0.25) is 0 Å². The highest BCUT2D eigenvalue weighted by molar-refractivity contribution is 7.97. The highest BCUT2D eigenvalue weighted by atomic mass is 32.2. The van der Waals surface area contributed by atoms with Crippen molar-refractivity contribution >= 4 is 45.1 Å². The molecule has 164 valence electrons. The lowest BCUT2D eigenvalue weighted by Crippen LogP contribution is -2.46. The van der Waals surface area contributed by atoms with E-state index in [0.29, 0.717) is 38.4 Å². The van der Waals surface area contributed by atoms with Crippen LogP contribution in [0.25, 0.3) is 10.2 Å². The van der Waals surface area contributed by atoms with Gasteiger partial charge in [0.25, 0.3) is 0 Å². The topological polar surface area (TPSA) is 91.2 Å². The summed E-state index contributed by atoms with van der Waals surface area (Å²) in [6.07, 6.45) is 4.26. The van der Waals surface area contributed by atoms with E-state index < -0.39 is 5.41 Å². The van der Waals surface area contributed by atoms with Crippen molar-refractivity contribution in [3.63, 3.8) is 0 Å². The molecule has 2 fully saturated rings. The van der Waals surface area contributed by atoms with E-state index in [1.54, 1.807) is 22.4 Å². The summed E-state index contributed by atoms with van der Waals surface area (Å²) in [5, 5.41) is 8.41. The first kappa shape index (κ1) is 21.1. The van der Waals surface area contributed by atoms with Gasteiger partial charge in [-0.1, -0.05) is 6.07 Å². The van der Waals surface area contributed by atoms with Gasteiger partial charge in [-0.3, -0.25) is 9.78 Å². The number of thiazole rings is 1. The van der Waals surface area contributed by atoms with Gasteiger partial charge in [0.1, 0.15) is 5.41 Å². The fourth-order valence-electron chi connectivity index (χ4n) is 4.13. The van der Waals surface area contributed by atoms with E-state index in [1.807, 2.05) is 42.9 Å². The summed E-state index contributed by atoms with van der Waals surface area (Å²) in [6.45, 7) is 3.57. The number of aromatic nitrogens is 2. The van der Waals surface area contributed by atoms with Crippen molar-refractivity contribution in [2.24, 2.45) is 0 Å². The monoisotopic (exact) mass is 465 g/mol. The van der Waals surface area contributed by atoms with Gasteiger partial charge in [-0.25, -0.2) is 4.98 Å². The molecular formula is C23H23N5O2S2. The van der Waals surface area contributed by atoms with Crippen molar-refractivity contribution in [3.05, 3.63) is 65.1 Å². The highest BCUT2D eigenvalue weighted by Gasteiger charge is 2.47. The van der Waals surface area contributed by atoms with Crippen LogP contribution in [0.3, 0.4) is 0 Å². The molecule has 2 aliphatic rings. The lowest BCUT2D eigenvalue weighted by Gasteiger charge is -2.31. The number of hydrogen-bond donors (Lipinski definition) is 2. The van der Waals surface area contributed by atoms with Gasteiger partial charge in [-0.2, -0.15) is 0 Å². The molecule has 0 spiro atoms. The number of carbonyl (C=O) groups excluding carboxylic acids is 1. The van der Waals surface area contributed by atoms with E-state index in [4.69, 9.17) is 10.1 Å². The molecule has 1 unspecified atom stereocenters. The summed E-state index contributed by atoms with van der Waals surface area (Å²) in [5.74, 6) is 0.0112. The van der Waals surface area contributed by atoms with Gasteiger partial charge in [-0.05, 0) is 55.1 Å². The second-order valence-corrected chi connectivity index (χ2v) is 9.88. The molecule has 5 rings (SSSR count). The first-order valence-electron chi connectivity index (χ1n) is 10.4. The van der Waals surface area contributed by atoms with Crippen molar-refractivity contribution in [1.82, 2.24) is 19.6 Å². The third kappa shape index (κ3) is 3.92. The maximum atomic E-state index is 13.6. The van der Waals surface area contributed by atoms with Gasteiger partial charge in [0.2, 0.25) is 5.91 Å². The van der Waals surface area contributed by atoms with Crippen LogP contribution in [-0.4, -0.2) is 52.8 Å². The number of fused-ring (bicyclic) bond motifs is 1. The van der Waals surface area contributed by atoms with Crippen molar-refractivity contribution in [2.45, 2.75) is 23.7 Å². The molecule has 2 aliphatic heterocycles. The van der Waals surface area contributed by atoms with Crippen molar-refractivity contribution in [2.75, 3.05) is 26.3 Å². The van der Waals surface area contributed by atoms with Crippen LogP contribution in [0.1, 0.15) is 17.7 Å². The largest absolute Gasteiger partial charge is 0.380 e. The predicted molar refractivity (Wildman–Crippen MR) is 127 cm³/mol. The number of aryl methyl sites for hydroxylation is 1. The molecule has 9 heteroatoms. The summed E-state index contributed by atoms with van der Waals surface area (Å²) in [4.78, 5) is 25.1. The number of likely N-dealkylation sites (tertiary alicyclic amines) is 1. The number of pyridine rings is 1. The molecule has 1 aromatic carbocycles. The number of ether oxygens (including phenoxy) is 1. The standard InChI is InChI=1S/C23H23N5O2S2/c1-15-2-3-17(10-25-15)23(6-7-30-13-23)22(29)28-11-16(19(24)12-28)9-27-32-18-4-5-20-21(8-18)31-14-26-20/h2-5,8-10,14,24,27H,6-7,11-13H2,1H3/b16-9-,24-19?. The molecule has 3 aromatic rings. The van der Waals surface area contributed by atoms with Crippen molar-refractivity contribution in [1.29, 1.82) is 5.41 Å². The lowest BCUT2D eigenvalue weighted by molar-refractivity contribution is -0.136. The van der Waals surface area contributed by atoms with Crippen LogP contribution in [-0.2, 0) is 14.9 Å². The number of hydrogen-bond acceptors (Lipinski definition) is 8. The second kappa shape index (κ2) is 8.65. The van der Waals surface area contributed by atoms with Crippen LogP contribution < -0.4 is 4.72 Å². The van der Waals surface area contributed by atoms with Crippen LogP contribution in [0.4, 0.5) is 0 Å². The van der Waals surface area contributed by atoms with E-state index in [9.17, 15) is 4.79 Å². The fourth-order valence-corrected chi connectivity index (χ4v) is 5.57. The van der Waals surface area contributed by atoms with Crippen LogP contribution in [0.15, 0.2) is 58.7 Å². The lowest BCUT2D eigenvalue weighted by atomic mass is 9.79. The number of rotatable bonds is 5. The minimum atomic E-state index is -0.719. The number of nitrogens with zero attached hydrogens (tertiary/aromatic N) is 3. The number of benzene rings is 1. The Kier molecular flexibility index (Phi) is 5.71. The Morgan fingerprint density at radius 1 is 1.31 bits per heavy atom. The molecule has 0 aliphatic carbocycles. The Labute approximate surface area is 194 Å². The molecule has 0 bridgehead atoms. The van der Waals surface area contributed by atoms with Crippen LogP contribution in [0.5, 0.6) is 0 Å². The minimum Gasteiger partial charge on any atom is -0.380 e.